The van der Waals surface area contributed by atoms with Gasteiger partial charge in [0.1, 0.15) is 36.0 Å². The number of H-pyrrole nitrogens is 1. The number of hydrogen-bond donors (Lipinski definition) is 11. The van der Waals surface area contributed by atoms with E-state index in [1.807, 2.05) is 5.32 Å². The molecule has 0 saturated carbocycles. The van der Waals surface area contributed by atoms with E-state index in [2.05, 4.69) is 36.3 Å². The zero-order chi connectivity index (χ0) is 45.9. The zero-order valence-electron chi connectivity index (χ0n) is 33.2. The Balaban J connectivity index is 1.86. The van der Waals surface area contributed by atoms with Gasteiger partial charge in [0.15, 0.2) is 0 Å². The van der Waals surface area contributed by atoms with Crippen LogP contribution in [0, 0.1) is 5.82 Å². The van der Waals surface area contributed by atoms with E-state index in [9.17, 15) is 62.5 Å². The van der Waals surface area contributed by atoms with Crippen LogP contribution in [0.25, 0.3) is 10.9 Å². The van der Waals surface area contributed by atoms with Crippen molar-refractivity contribution in [2.75, 3.05) is 13.2 Å². The Labute approximate surface area is 351 Å². The average molecular weight is 871 g/mol. The largest absolute Gasteiger partial charge is 0.481 e. The summed E-state index contributed by atoms with van der Waals surface area (Å²) in [5, 5.41) is 42.0. The summed E-state index contributed by atoms with van der Waals surface area (Å²) in [6.45, 7) is 0.426. The van der Waals surface area contributed by atoms with E-state index in [0.717, 1.165) is 12.1 Å². The van der Waals surface area contributed by atoms with Gasteiger partial charge in [-0.1, -0.05) is 30.3 Å². The number of rotatable bonds is 25. The molecule has 0 fully saturated rings. The van der Waals surface area contributed by atoms with Crippen LogP contribution in [0.1, 0.15) is 50.2 Å². The number of para-hydroxylation sites is 1. The van der Waals surface area contributed by atoms with E-state index in [1.54, 1.807) is 30.5 Å². The van der Waals surface area contributed by atoms with Gasteiger partial charge in [0, 0.05) is 42.8 Å². The van der Waals surface area contributed by atoms with Gasteiger partial charge in [-0.2, -0.15) is 0 Å². The second-order valence-corrected chi connectivity index (χ2v) is 13.7. The maximum Gasteiger partial charge on any atom is 0.407 e. The molecule has 22 nitrogen and oxygen atoms in total. The number of aliphatic carboxylic acids is 3. The van der Waals surface area contributed by atoms with Gasteiger partial charge in [-0.05, 0) is 49.1 Å². The lowest BCUT2D eigenvalue weighted by Crippen LogP contribution is -2.58. The first-order chi connectivity index (χ1) is 29.4. The number of aromatic nitrogens is 1. The minimum absolute atomic E-state index is 0.127. The number of aromatic amines is 1. The van der Waals surface area contributed by atoms with Crippen molar-refractivity contribution in [3.8, 4) is 0 Å². The molecule has 7 amide bonds. The van der Waals surface area contributed by atoms with Gasteiger partial charge in [0.25, 0.3) is 0 Å². The van der Waals surface area contributed by atoms with Gasteiger partial charge in [-0.3, -0.25) is 43.2 Å². The second kappa shape index (κ2) is 23.9. The van der Waals surface area contributed by atoms with Crippen LogP contribution in [0.4, 0.5) is 9.18 Å². The minimum atomic E-state index is -1.76. The molecule has 0 spiro atoms. The molecule has 0 bridgehead atoms. The van der Waals surface area contributed by atoms with E-state index in [1.165, 1.54) is 19.1 Å². The van der Waals surface area contributed by atoms with Gasteiger partial charge < -0.3 is 62.7 Å². The number of amides is 7. The number of nitrogens with one attached hydrogen (secondary N) is 7. The predicted molar refractivity (Wildman–Crippen MR) is 212 cm³/mol. The number of alkyl carbamates (subject to hydrolysis) is 1. The van der Waals surface area contributed by atoms with Gasteiger partial charge in [-0.25, -0.2) is 9.18 Å². The molecule has 3 rings (SSSR count). The molecule has 1 aromatic heterocycles. The summed E-state index contributed by atoms with van der Waals surface area (Å²) in [5.74, 6) is -11.2. The first kappa shape index (κ1) is 48.8. The molecule has 0 radical (unpaired) electrons. The van der Waals surface area contributed by atoms with E-state index in [-0.39, 0.29) is 31.4 Å². The summed E-state index contributed by atoms with van der Waals surface area (Å²) in [4.78, 5) is 128. The highest BCUT2D eigenvalue weighted by molar-refractivity contribution is 5.97. The standard InChI is InChI=1S/C39H47FN8O14/c1-2-62-39(61)48-29(17-33(54)55)38(60)46-26(11-13-32(52)53)35(57)43-19-30(49)44-27(15-20-6-5-7-22(40)14-20)36(58)47-28(16-21-18-42-24-9-4-3-8-23(21)24)37(59)45-25(34(41)56)10-12-31(50)51/h3-9,14,18,25-29,42H,2,10-13,15-17,19H2,1H3,(H2,41,56)(H,43,57)(H,44,49)(H,45,59)(H,46,60)(H,47,58)(H,48,61)(H,50,51)(H,52,53)(H,54,55)/t25-,26-,27-,28-,29+/m0/s1. The van der Waals surface area contributed by atoms with Crippen molar-refractivity contribution >= 4 is 70.3 Å². The lowest BCUT2D eigenvalue weighted by molar-refractivity contribution is -0.140. The molecule has 5 atom stereocenters. The third-order valence-electron chi connectivity index (χ3n) is 8.99. The summed E-state index contributed by atoms with van der Waals surface area (Å²) >= 11 is 0. The number of carbonyl (C=O) groups is 10. The van der Waals surface area contributed by atoms with Crippen molar-refractivity contribution in [3.63, 3.8) is 0 Å². The smallest absolute Gasteiger partial charge is 0.407 e. The third kappa shape index (κ3) is 16.2. The van der Waals surface area contributed by atoms with Crippen molar-refractivity contribution in [2.24, 2.45) is 5.73 Å². The highest BCUT2D eigenvalue weighted by atomic mass is 19.1. The maximum atomic E-state index is 14.2. The molecular formula is C39H47FN8O14. The molecule has 0 unspecified atom stereocenters. The molecule has 23 heteroatoms. The van der Waals surface area contributed by atoms with Crippen molar-refractivity contribution in [1.82, 2.24) is 36.9 Å². The lowest BCUT2D eigenvalue weighted by atomic mass is 10.0. The summed E-state index contributed by atoms with van der Waals surface area (Å²) in [5.41, 5.74) is 6.85. The first-order valence-corrected chi connectivity index (χ1v) is 19.0. The lowest BCUT2D eigenvalue weighted by Gasteiger charge is -2.25. The van der Waals surface area contributed by atoms with Gasteiger partial charge in [-0.15, -0.1) is 0 Å². The van der Waals surface area contributed by atoms with Crippen LogP contribution in [0.2, 0.25) is 0 Å². The summed E-state index contributed by atoms with van der Waals surface area (Å²) < 4.78 is 18.9. The molecule has 12 N–H and O–H groups in total. The number of carboxylic acid groups (broad SMARTS) is 3. The molecule has 0 saturated heterocycles. The highest BCUT2D eigenvalue weighted by Crippen LogP contribution is 2.20. The van der Waals surface area contributed by atoms with E-state index < -0.39 is 128 Å². The Morgan fingerprint density at radius 2 is 1.29 bits per heavy atom. The maximum absolute atomic E-state index is 14.2. The molecule has 0 aliphatic carbocycles. The molecule has 0 aliphatic rings. The normalized spacial score (nSPS) is 13.2. The molecule has 3 aromatic rings. The number of ether oxygens (including phenoxy) is 1. The zero-order valence-corrected chi connectivity index (χ0v) is 33.2. The third-order valence-corrected chi connectivity index (χ3v) is 8.99. The molecular weight excluding hydrogens is 823 g/mol. The van der Waals surface area contributed by atoms with E-state index >= 15 is 0 Å². The molecule has 0 aliphatic heterocycles. The average Bonchev–Trinajstić information content (AvgIpc) is 3.61. The molecule has 62 heavy (non-hydrogen) atoms. The predicted octanol–water partition coefficient (Wildman–Crippen LogP) is -1.05. The van der Waals surface area contributed by atoms with Crippen LogP contribution in [-0.2, 0) is 60.7 Å². The van der Waals surface area contributed by atoms with E-state index in [0.29, 0.717) is 16.5 Å². The number of nitrogens with two attached hydrogens (primary N) is 1. The van der Waals surface area contributed by atoms with Gasteiger partial charge in [0.2, 0.25) is 35.4 Å². The number of halogens is 1. The summed E-state index contributed by atoms with van der Waals surface area (Å²) in [6.07, 6.45) is -3.22. The number of benzene rings is 2. The Morgan fingerprint density at radius 3 is 1.90 bits per heavy atom. The number of hydrogen-bond acceptors (Lipinski definition) is 11. The van der Waals surface area contributed by atoms with Crippen molar-refractivity contribution in [3.05, 3.63) is 71.7 Å². The Bertz CT molecular complexity index is 2150. The van der Waals surface area contributed by atoms with Gasteiger partial charge >= 0.3 is 24.0 Å². The van der Waals surface area contributed by atoms with Crippen LogP contribution in [0.5, 0.6) is 0 Å². The second-order valence-electron chi connectivity index (χ2n) is 13.7. The fourth-order valence-corrected chi connectivity index (χ4v) is 5.98. The number of carbonyl (C=O) groups excluding carboxylic acids is 7. The fourth-order valence-electron chi connectivity index (χ4n) is 5.98. The van der Waals surface area contributed by atoms with Crippen LogP contribution in [0.15, 0.2) is 54.7 Å². The van der Waals surface area contributed by atoms with Crippen LogP contribution < -0.4 is 37.6 Å². The quantitative estimate of drug-likeness (QED) is 0.0484. The first-order valence-electron chi connectivity index (χ1n) is 19.0. The number of fused-ring (bicyclic) bond motifs is 1. The SMILES string of the molecule is CCOC(=O)N[C@H](CC(=O)O)C(=O)N[C@@H](CCC(=O)O)C(=O)NCC(=O)N[C@@H](Cc1cccc(F)c1)C(=O)N[C@@H](Cc1c[nH]c2ccccc12)C(=O)N[C@@H](CCC(=O)O)C(N)=O. The number of primary amides is 1. The Morgan fingerprint density at radius 1 is 0.694 bits per heavy atom. The Hall–Kier alpha value is -7.59. The molecule has 1 heterocycles. The van der Waals surface area contributed by atoms with Crippen LogP contribution in [0.3, 0.4) is 0 Å². The van der Waals surface area contributed by atoms with Crippen LogP contribution >= 0.6 is 0 Å². The number of carboxylic acids is 3. The fraction of sp³-hybridized carbons (Fsp3) is 0.385. The minimum Gasteiger partial charge on any atom is -0.481 e. The van der Waals surface area contributed by atoms with Gasteiger partial charge in [0.05, 0.1) is 19.6 Å². The molecule has 2 aromatic carbocycles. The molecule has 334 valence electrons. The van der Waals surface area contributed by atoms with Crippen LogP contribution in [-0.4, -0.2) is 123 Å². The van der Waals surface area contributed by atoms with Crippen molar-refractivity contribution < 1.29 is 72.4 Å². The monoisotopic (exact) mass is 870 g/mol. The Kier molecular flexibility index (Phi) is 18.8. The summed E-state index contributed by atoms with van der Waals surface area (Å²) in [6, 6.07) is 4.02. The topological polar surface area (TPSA) is 355 Å². The summed E-state index contributed by atoms with van der Waals surface area (Å²) in [7, 11) is 0. The highest BCUT2D eigenvalue weighted by Gasteiger charge is 2.32. The van der Waals surface area contributed by atoms with Crippen molar-refractivity contribution in [1.29, 1.82) is 0 Å². The van der Waals surface area contributed by atoms with E-state index in [4.69, 9.17) is 10.8 Å². The van der Waals surface area contributed by atoms with Crippen molar-refractivity contribution in [2.45, 2.75) is 82.1 Å².